The van der Waals surface area contributed by atoms with Crippen LogP contribution in [0.3, 0.4) is 0 Å². The van der Waals surface area contributed by atoms with Crippen molar-refractivity contribution in [1.29, 1.82) is 0 Å². The Morgan fingerprint density at radius 2 is 2.17 bits per heavy atom. The molecule has 0 fully saturated rings. The Balaban J connectivity index is 2.66. The summed E-state index contributed by atoms with van der Waals surface area (Å²) >= 11 is 2.31. The minimum absolute atomic E-state index is 0.0137. The minimum atomic E-state index is -4.51. The Hall–Kier alpha value is -0.420. The lowest BCUT2D eigenvalue weighted by atomic mass is 10.5. The van der Waals surface area contributed by atoms with Crippen LogP contribution in [0.25, 0.3) is 0 Å². The summed E-state index contributed by atoms with van der Waals surface area (Å²) in [7, 11) is 0. The average molecular weight is 394 g/mol. The van der Waals surface area contributed by atoms with Gasteiger partial charge in [0.15, 0.2) is 10.8 Å². The molecule has 0 aliphatic rings. The first kappa shape index (κ1) is 15.6. The second-order valence-electron chi connectivity index (χ2n) is 3.55. The van der Waals surface area contributed by atoms with Crippen LogP contribution in [0.5, 0.6) is 0 Å². The van der Waals surface area contributed by atoms with E-state index < -0.39 is 17.8 Å². The van der Waals surface area contributed by atoms with Crippen molar-refractivity contribution in [2.24, 2.45) is 0 Å². The monoisotopic (exact) mass is 394 g/mol. The predicted octanol–water partition coefficient (Wildman–Crippen LogP) is 3.13. The van der Waals surface area contributed by atoms with Crippen LogP contribution in [-0.2, 0) is 15.7 Å². The zero-order chi connectivity index (χ0) is 13.9. The number of carbonyl (C=O) groups is 1. The van der Waals surface area contributed by atoms with Gasteiger partial charge in [0.2, 0.25) is 0 Å². The van der Waals surface area contributed by atoms with Crippen LogP contribution in [-0.4, -0.2) is 23.6 Å². The summed E-state index contributed by atoms with van der Waals surface area (Å²) in [6.45, 7) is 3.29. The normalized spacial score (nSPS) is 11.9. The maximum atomic E-state index is 12.5. The number of hydrogen-bond donors (Lipinski definition) is 1. The van der Waals surface area contributed by atoms with E-state index in [1.807, 2.05) is 0 Å². The van der Waals surface area contributed by atoms with Gasteiger partial charge in [-0.15, -0.1) is 0 Å². The molecule has 0 aliphatic carbocycles. The highest BCUT2D eigenvalue weighted by molar-refractivity contribution is 14.1. The number of anilines is 1. The number of nitrogens with one attached hydrogen (secondary N) is 1. The van der Waals surface area contributed by atoms with E-state index in [2.05, 4.69) is 10.3 Å². The zero-order valence-electron chi connectivity index (χ0n) is 9.47. The van der Waals surface area contributed by atoms with Gasteiger partial charge in [-0.05, 0) is 36.4 Å². The number of thiazole rings is 1. The Morgan fingerprint density at radius 1 is 1.56 bits per heavy atom. The van der Waals surface area contributed by atoms with Crippen molar-refractivity contribution in [3.05, 3.63) is 8.58 Å². The van der Waals surface area contributed by atoms with Crippen molar-refractivity contribution in [2.45, 2.75) is 26.1 Å². The zero-order valence-corrected chi connectivity index (χ0v) is 12.4. The number of amides is 1. The van der Waals surface area contributed by atoms with Gasteiger partial charge in [0.1, 0.15) is 6.61 Å². The van der Waals surface area contributed by atoms with Gasteiger partial charge in [0.25, 0.3) is 5.91 Å². The third-order valence-corrected chi connectivity index (χ3v) is 3.58. The third-order valence-electron chi connectivity index (χ3n) is 1.65. The number of nitrogens with zero attached hydrogens (tertiary/aromatic N) is 1. The molecule has 1 heterocycles. The van der Waals surface area contributed by atoms with Crippen molar-refractivity contribution in [3.8, 4) is 0 Å². The van der Waals surface area contributed by atoms with Crippen LogP contribution in [0.4, 0.5) is 18.3 Å². The molecule has 0 radical (unpaired) electrons. The lowest BCUT2D eigenvalue weighted by molar-refractivity contribution is -0.141. The fourth-order valence-electron chi connectivity index (χ4n) is 0.928. The molecule has 4 nitrogen and oxygen atoms in total. The van der Waals surface area contributed by atoms with Crippen molar-refractivity contribution in [2.75, 3.05) is 11.9 Å². The largest absolute Gasteiger partial charge is 0.435 e. The highest BCUT2D eigenvalue weighted by atomic mass is 127. The van der Waals surface area contributed by atoms with E-state index >= 15 is 0 Å². The molecule has 0 aromatic carbocycles. The van der Waals surface area contributed by atoms with Crippen molar-refractivity contribution in [3.63, 3.8) is 0 Å². The maximum Gasteiger partial charge on any atom is 0.435 e. The van der Waals surface area contributed by atoms with E-state index in [1.165, 1.54) is 22.6 Å². The number of carbonyl (C=O) groups excluding carboxylic acids is 1. The van der Waals surface area contributed by atoms with E-state index in [4.69, 9.17) is 4.74 Å². The first-order valence-electron chi connectivity index (χ1n) is 4.85. The predicted molar refractivity (Wildman–Crippen MR) is 69.6 cm³/mol. The summed E-state index contributed by atoms with van der Waals surface area (Å²) in [6, 6.07) is 0. The van der Waals surface area contributed by atoms with E-state index in [9.17, 15) is 18.0 Å². The van der Waals surface area contributed by atoms with Crippen LogP contribution in [0, 0.1) is 2.88 Å². The van der Waals surface area contributed by atoms with E-state index in [-0.39, 0.29) is 20.7 Å². The number of halogens is 4. The van der Waals surface area contributed by atoms with Crippen LogP contribution in [0.15, 0.2) is 0 Å². The van der Waals surface area contributed by atoms with Crippen LogP contribution in [0.1, 0.15) is 19.5 Å². The topological polar surface area (TPSA) is 51.2 Å². The third kappa shape index (κ3) is 4.69. The molecular formula is C9H10F3IN2O2S. The first-order chi connectivity index (χ1) is 8.20. The molecule has 9 heteroatoms. The SMILES string of the molecule is CC(C)OCC(=O)Nc1nc(C(F)(F)F)c(I)s1. The highest BCUT2D eigenvalue weighted by Crippen LogP contribution is 2.36. The fraction of sp³-hybridized carbons (Fsp3) is 0.556. The van der Waals surface area contributed by atoms with Crippen molar-refractivity contribution in [1.82, 2.24) is 4.98 Å². The molecule has 1 aromatic heterocycles. The molecule has 0 saturated heterocycles. The van der Waals surface area contributed by atoms with Gasteiger partial charge in [-0.1, -0.05) is 11.3 Å². The van der Waals surface area contributed by atoms with Crippen LogP contribution >= 0.6 is 33.9 Å². The van der Waals surface area contributed by atoms with Crippen molar-refractivity contribution < 1.29 is 22.7 Å². The molecule has 1 amide bonds. The maximum absolute atomic E-state index is 12.5. The summed E-state index contributed by atoms with van der Waals surface area (Å²) < 4.78 is 42.4. The molecule has 0 unspecified atom stereocenters. The van der Waals surface area contributed by atoms with Gasteiger partial charge >= 0.3 is 6.18 Å². The number of alkyl halides is 3. The highest BCUT2D eigenvalue weighted by Gasteiger charge is 2.37. The summed E-state index contributed by atoms with van der Waals surface area (Å²) in [5.74, 6) is -0.525. The molecule has 0 atom stereocenters. The Morgan fingerprint density at radius 3 is 2.61 bits per heavy atom. The van der Waals surface area contributed by atoms with E-state index in [0.29, 0.717) is 0 Å². The van der Waals surface area contributed by atoms with Gasteiger partial charge in [0.05, 0.1) is 8.99 Å². The fourth-order valence-corrected chi connectivity index (χ4v) is 2.71. The quantitative estimate of drug-likeness (QED) is 0.799. The lowest BCUT2D eigenvalue weighted by Gasteiger charge is -2.06. The molecule has 0 bridgehead atoms. The van der Waals surface area contributed by atoms with Gasteiger partial charge in [-0.2, -0.15) is 13.2 Å². The van der Waals surface area contributed by atoms with Crippen LogP contribution in [0.2, 0.25) is 0 Å². The molecular weight excluding hydrogens is 384 g/mol. The molecule has 1 aromatic rings. The van der Waals surface area contributed by atoms with Gasteiger partial charge in [-0.3, -0.25) is 10.1 Å². The summed E-state index contributed by atoms with van der Waals surface area (Å²) in [6.07, 6.45) is -4.64. The molecule has 0 spiro atoms. The van der Waals surface area contributed by atoms with E-state index in [1.54, 1.807) is 13.8 Å². The smallest absolute Gasteiger partial charge is 0.369 e. The number of hydrogen-bond acceptors (Lipinski definition) is 4. The van der Waals surface area contributed by atoms with E-state index in [0.717, 1.165) is 11.3 Å². The first-order valence-corrected chi connectivity index (χ1v) is 6.74. The molecule has 102 valence electrons. The number of ether oxygens (including phenoxy) is 1. The number of rotatable bonds is 4. The standard InChI is InChI=1S/C9H10F3IN2O2S/c1-4(2)17-3-5(16)14-8-15-6(7(13)18-8)9(10,11)12/h4H,3H2,1-2H3,(H,14,15,16). The molecule has 1 rings (SSSR count). The molecule has 0 aliphatic heterocycles. The molecule has 1 N–H and O–H groups in total. The Kier molecular flexibility index (Phi) is 5.34. The van der Waals surface area contributed by atoms with Gasteiger partial charge in [-0.25, -0.2) is 4.98 Å². The summed E-state index contributed by atoms with van der Waals surface area (Å²) in [5.41, 5.74) is -0.979. The average Bonchev–Trinajstić information content (AvgIpc) is 2.56. The summed E-state index contributed by atoms with van der Waals surface area (Å²) in [5, 5.41) is 2.19. The second-order valence-corrected chi connectivity index (χ2v) is 6.36. The molecule has 18 heavy (non-hydrogen) atoms. The minimum Gasteiger partial charge on any atom is -0.369 e. The molecule has 0 saturated carbocycles. The Bertz CT molecular complexity index is 434. The number of aromatic nitrogens is 1. The van der Waals surface area contributed by atoms with Crippen LogP contribution < -0.4 is 5.32 Å². The van der Waals surface area contributed by atoms with Gasteiger partial charge in [0, 0.05) is 0 Å². The summed E-state index contributed by atoms with van der Waals surface area (Å²) in [4.78, 5) is 14.7. The lowest BCUT2D eigenvalue weighted by Crippen LogP contribution is -2.20. The van der Waals surface area contributed by atoms with Gasteiger partial charge < -0.3 is 4.74 Å². The second kappa shape index (κ2) is 6.15. The van der Waals surface area contributed by atoms with Crippen molar-refractivity contribution >= 4 is 45.0 Å². The Labute approximate surface area is 119 Å².